The van der Waals surface area contributed by atoms with E-state index in [2.05, 4.69) is 66.8 Å². The highest BCUT2D eigenvalue weighted by Crippen LogP contribution is 2.02. The summed E-state index contributed by atoms with van der Waals surface area (Å²) in [6, 6.07) is 10.6. The third-order valence-electron chi connectivity index (χ3n) is 2.97. The van der Waals surface area contributed by atoms with Crippen molar-refractivity contribution in [3.05, 3.63) is 35.9 Å². The molecule has 20 heavy (non-hydrogen) atoms. The summed E-state index contributed by atoms with van der Waals surface area (Å²) in [5, 5.41) is 7.24. The number of nitrogens with one attached hydrogen (secondary N) is 2. The van der Waals surface area contributed by atoms with E-state index in [0.29, 0.717) is 5.92 Å². The van der Waals surface area contributed by atoms with Crippen molar-refractivity contribution >= 4 is 17.3 Å². The molecule has 0 aliphatic carbocycles. The maximum atomic E-state index is 5.22. The summed E-state index contributed by atoms with van der Waals surface area (Å²) < 4.78 is 0. The molecule has 0 fully saturated rings. The highest BCUT2D eigenvalue weighted by atomic mass is 32.1. The van der Waals surface area contributed by atoms with Crippen LogP contribution in [0.5, 0.6) is 0 Å². The largest absolute Gasteiger partial charge is 0.363 e. The second-order valence-corrected chi connectivity index (χ2v) is 6.02. The molecule has 0 heterocycles. The van der Waals surface area contributed by atoms with Crippen LogP contribution in [-0.4, -0.2) is 36.7 Å². The van der Waals surface area contributed by atoms with Gasteiger partial charge in [-0.25, -0.2) is 0 Å². The fourth-order valence-electron chi connectivity index (χ4n) is 1.88. The Morgan fingerprint density at radius 1 is 1.20 bits per heavy atom. The van der Waals surface area contributed by atoms with Crippen molar-refractivity contribution < 1.29 is 0 Å². The van der Waals surface area contributed by atoms with E-state index < -0.39 is 0 Å². The molecule has 0 unspecified atom stereocenters. The molecule has 2 N–H and O–H groups in total. The third kappa shape index (κ3) is 8.12. The highest BCUT2D eigenvalue weighted by Gasteiger charge is 2.01. The van der Waals surface area contributed by atoms with Crippen molar-refractivity contribution in [3.63, 3.8) is 0 Å². The minimum absolute atomic E-state index is 0.617. The third-order valence-corrected chi connectivity index (χ3v) is 3.26. The lowest BCUT2D eigenvalue weighted by Crippen LogP contribution is -2.38. The molecule has 0 aliphatic heterocycles. The molecule has 0 aliphatic rings. The Morgan fingerprint density at radius 3 is 2.55 bits per heavy atom. The van der Waals surface area contributed by atoms with E-state index in [9.17, 15) is 0 Å². The van der Waals surface area contributed by atoms with E-state index in [1.807, 2.05) is 0 Å². The maximum absolute atomic E-state index is 5.22. The fourth-order valence-corrected chi connectivity index (χ4v) is 2.07. The molecule has 1 rings (SSSR count). The summed E-state index contributed by atoms with van der Waals surface area (Å²) in [6.07, 6.45) is 1.09. The van der Waals surface area contributed by atoms with Gasteiger partial charge in [-0.1, -0.05) is 44.2 Å². The first-order valence-electron chi connectivity index (χ1n) is 7.32. The van der Waals surface area contributed by atoms with Gasteiger partial charge in [0.15, 0.2) is 5.11 Å². The van der Waals surface area contributed by atoms with Gasteiger partial charge >= 0.3 is 0 Å². The number of nitrogens with zero attached hydrogens (tertiary/aromatic N) is 1. The molecular weight excluding hydrogens is 266 g/mol. The van der Waals surface area contributed by atoms with Crippen molar-refractivity contribution in [3.8, 4) is 0 Å². The molecule has 0 spiro atoms. The molecule has 0 saturated carbocycles. The Kier molecular flexibility index (Phi) is 8.23. The first-order valence-corrected chi connectivity index (χ1v) is 7.73. The second kappa shape index (κ2) is 9.72. The van der Waals surface area contributed by atoms with Gasteiger partial charge < -0.3 is 15.5 Å². The number of benzene rings is 1. The predicted molar refractivity (Wildman–Crippen MR) is 90.8 cm³/mol. The Balaban J connectivity index is 2.07. The number of rotatable bonds is 8. The van der Waals surface area contributed by atoms with E-state index in [0.717, 1.165) is 37.7 Å². The van der Waals surface area contributed by atoms with Crippen LogP contribution in [0.2, 0.25) is 0 Å². The molecule has 1 aromatic carbocycles. The van der Waals surface area contributed by atoms with Gasteiger partial charge in [0, 0.05) is 19.6 Å². The molecule has 0 aromatic heterocycles. The first kappa shape index (κ1) is 16.9. The summed E-state index contributed by atoms with van der Waals surface area (Å²) in [7, 11) is 2.16. The molecule has 0 amide bonds. The van der Waals surface area contributed by atoms with Crippen LogP contribution in [0.25, 0.3) is 0 Å². The van der Waals surface area contributed by atoms with Crippen LogP contribution in [-0.2, 0) is 6.54 Å². The average Bonchev–Trinajstić information content (AvgIpc) is 2.42. The smallest absolute Gasteiger partial charge is 0.166 e. The van der Waals surface area contributed by atoms with E-state index in [-0.39, 0.29) is 0 Å². The first-order chi connectivity index (χ1) is 9.58. The van der Waals surface area contributed by atoms with E-state index >= 15 is 0 Å². The topological polar surface area (TPSA) is 27.3 Å². The maximum Gasteiger partial charge on any atom is 0.166 e. The van der Waals surface area contributed by atoms with E-state index in [4.69, 9.17) is 12.2 Å². The lowest BCUT2D eigenvalue weighted by Gasteiger charge is -2.17. The summed E-state index contributed by atoms with van der Waals surface area (Å²) >= 11 is 5.22. The van der Waals surface area contributed by atoms with Gasteiger partial charge in [-0.05, 0) is 43.7 Å². The van der Waals surface area contributed by atoms with Gasteiger partial charge in [0.25, 0.3) is 0 Å². The van der Waals surface area contributed by atoms with Crippen molar-refractivity contribution in [2.45, 2.75) is 26.8 Å². The van der Waals surface area contributed by atoms with E-state index in [1.165, 1.54) is 5.56 Å². The zero-order valence-electron chi connectivity index (χ0n) is 12.9. The minimum Gasteiger partial charge on any atom is -0.363 e. The quantitative estimate of drug-likeness (QED) is 0.569. The van der Waals surface area contributed by atoms with Crippen LogP contribution >= 0.6 is 12.2 Å². The molecule has 0 radical (unpaired) electrons. The molecule has 0 saturated heterocycles. The lowest BCUT2D eigenvalue weighted by atomic mass is 10.2. The molecule has 4 heteroatoms. The van der Waals surface area contributed by atoms with Crippen molar-refractivity contribution in [2.24, 2.45) is 5.92 Å². The van der Waals surface area contributed by atoms with Gasteiger partial charge in [0.2, 0.25) is 0 Å². The second-order valence-electron chi connectivity index (χ2n) is 5.61. The zero-order chi connectivity index (χ0) is 14.8. The molecule has 3 nitrogen and oxygen atoms in total. The Labute approximate surface area is 128 Å². The summed E-state index contributed by atoms with van der Waals surface area (Å²) in [6.45, 7) is 8.26. The molecule has 0 atom stereocenters. The van der Waals surface area contributed by atoms with Crippen molar-refractivity contribution in [2.75, 3.05) is 26.7 Å². The Hall–Kier alpha value is -1.13. The molecule has 1 aromatic rings. The number of hydrogen-bond acceptors (Lipinski definition) is 2. The van der Waals surface area contributed by atoms with E-state index in [1.54, 1.807) is 0 Å². The normalized spacial score (nSPS) is 10.8. The van der Waals surface area contributed by atoms with Crippen molar-refractivity contribution in [1.29, 1.82) is 0 Å². The Morgan fingerprint density at radius 2 is 1.90 bits per heavy atom. The predicted octanol–water partition coefficient (Wildman–Crippen LogP) is 2.63. The van der Waals surface area contributed by atoms with Crippen LogP contribution in [0.4, 0.5) is 0 Å². The number of hydrogen-bond donors (Lipinski definition) is 2. The molecular formula is C16H27N3S. The Bertz CT molecular complexity index is 379. The molecule has 112 valence electrons. The standard InChI is InChI=1S/C16H27N3S/c1-14(2)12-18-16(20)17-10-7-11-19(3)13-15-8-5-4-6-9-15/h4-6,8-9,14H,7,10-13H2,1-3H3,(H2,17,18,20). The van der Waals surface area contributed by atoms with Gasteiger partial charge in [-0.2, -0.15) is 0 Å². The zero-order valence-corrected chi connectivity index (χ0v) is 13.7. The SMILES string of the molecule is CC(C)CNC(=S)NCCCN(C)Cc1ccccc1. The van der Waals surface area contributed by atoms with Crippen LogP contribution < -0.4 is 10.6 Å². The van der Waals surface area contributed by atoms with Gasteiger partial charge in [-0.15, -0.1) is 0 Å². The average molecular weight is 293 g/mol. The van der Waals surface area contributed by atoms with Crippen LogP contribution in [0.3, 0.4) is 0 Å². The lowest BCUT2D eigenvalue weighted by molar-refractivity contribution is 0.322. The summed E-state index contributed by atoms with van der Waals surface area (Å²) in [5.41, 5.74) is 1.36. The van der Waals surface area contributed by atoms with Gasteiger partial charge in [0.1, 0.15) is 0 Å². The van der Waals surface area contributed by atoms with Crippen molar-refractivity contribution in [1.82, 2.24) is 15.5 Å². The van der Waals surface area contributed by atoms with Crippen LogP contribution in [0.15, 0.2) is 30.3 Å². The highest BCUT2D eigenvalue weighted by molar-refractivity contribution is 7.80. The minimum atomic E-state index is 0.617. The van der Waals surface area contributed by atoms with Crippen LogP contribution in [0.1, 0.15) is 25.8 Å². The fraction of sp³-hybridized carbons (Fsp3) is 0.562. The molecule has 0 bridgehead atoms. The van der Waals surface area contributed by atoms with Crippen LogP contribution in [0, 0.1) is 5.92 Å². The summed E-state index contributed by atoms with van der Waals surface area (Å²) in [4.78, 5) is 2.33. The van der Waals surface area contributed by atoms with Gasteiger partial charge in [0.05, 0.1) is 0 Å². The summed E-state index contributed by atoms with van der Waals surface area (Å²) in [5.74, 6) is 0.617. The number of thiocarbonyl (C=S) groups is 1. The van der Waals surface area contributed by atoms with Gasteiger partial charge in [-0.3, -0.25) is 0 Å². The monoisotopic (exact) mass is 293 g/mol.